The molecule has 0 saturated heterocycles. The van der Waals surface area contributed by atoms with Crippen molar-refractivity contribution in [3.63, 3.8) is 0 Å². The fourth-order valence-corrected chi connectivity index (χ4v) is 6.37. The van der Waals surface area contributed by atoms with Gasteiger partial charge < -0.3 is 19.3 Å². The van der Waals surface area contributed by atoms with E-state index in [1.165, 1.54) is 17.6 Å². The highest BCUT2D eigenvalue weighted by Gasteiger charge is 2.23. The Labute approximate surface area is 253 Å². The van der Waals surface area contributed by atoms with Gasteiger partial charge in [0.2, 0.25) is 0 Å². The maximum absolute atomic E-state index is 13.5. The molecule has 4 aromatic carbocycles. The zero-order valence-corrected chi connectivity index (χ0v) is 24.5. The van der Waals surface area contributed by atoms with Crippen molar-refractivity contribution >= 4 is 78.8 Å². The molecule has 0 aliphatic heterocycles. The van der Waals surface area contributed by atoms with Crippen molar-refractivity contribution in [1.29, 1.82) is 0 Å². The third-order valence-corrected chi connectivity index (χ3v) is 8.85. The topological polar surface area (TPSA) is 119 Å². The summed E-state index contributed by atoms with van der Waals surface area (Å²) in [6, 6.07) is 17.7. The van der Waals surface area contributed by atoms with Crippen LogP contribution in [-0.2, 0) is 22.6 Å². The molecule has 2 N–H and O–H groups in total. The number of pyridine rings is 2. The van der Waals surface area contributed by atoms with E-state index in [0.29, 0.717) is 39.1 Å². The quantitative estimate of drug-likeness (QED) is 0.205. The molecule has 0 amide bonds. The second-order valence-corrected chi connectivity index (χ2v) is 11.4. The number of carboxylic acid groups (broad SMARTS) is 2. The normalized spacial score (nSPS) is 12.4. The maximum Gasteiger partial charge on any atom is 0.326 e. The van der Waals surface area contributed by atoms with Gasteiger partial charge in [-0.15, -0.1) is 0 Å². The van der Waals surface area contributed by atoms with Gasteiger partial charge in [0.1, 0.15) is 12.6 Å². The van der Waals surface area contributed by atoms with E-state index in [0.717, 1.165) is 16.7 Å². The third-order valence-electron chi connectivity index (χ3n) is 8.05. The molecule has 43 heavy (non-hydrogen) atoms. The minimum absolute atomic E-state index is 0.0886. The lowest BCUT2D eigenvalue weighted by molar-refractivity contribution is -0.140. The summed E-state index contributed by atoms with van der Waals surface area (Å²) < 4.78 is 3.17. The molecule has 0 aliphatic carbocycles. The second-order valence-electron chi connectivity index (χ2n) is 10.6. The Balaban J connectivity index is 1.60. The van der Waals surface area contributed by atoms with Gasteiger partial charge in [0.05, 0.1) is 32.1 Å². The summed E-state index contributed by atoms with van der Waals surface area (Å²) >= 11 is 12.8. The number of aryl methyl sites for hydroxylation is 1. The number of aliphatic carboxylic acids is 2. The average Bonchev–Trinajstić information content (AvgIpc) is 2.98. The number of para-hydroxylation sites is 1. The molecule has 2 heterocycles. The number of halogens is 2. The Morgan fingerprint density at radius 2 is 1.44 bits per heavy atom. The lowest BCUT2D eigenvalue weighted by atomic mass is 9.95. The van der Waals surface area contributed by atoms with Crippen LogP contribution in [0.4, 0.5) is 0 Å². The largest absolute Gasteiger partial charge is 0.480 e. The van der Waals surface area contributed by atoms with Crippen molar-refractivity contribution in [3.8, 4) is 0 Å². The minimum Gasteiger partial charge on any atom is -0.480 e. The fourth-order valence-electron chi connectivity index (χ4n) is 5.97. The molecule has 0 bridgehead atoms. The van der Waals surface area contributed by atoms with Crippen LogP contribution in [0.3, 0.4) is 0 Å². The molecule has 0 saturated carbocycles. The molecule has 0 aliphatic rings. The standard InChI is InChI=1S/C33H24Cl2N2O6/c1-16-19(8-10-22-29(16)36(15-27(38)39)25-6-4-3-5-20(25)31(22)40)13-18-7-9-21-26(14-18)37(17(2)33(42)43)30-23(32(21)41)11-12-24(34)28(30)35/h3-12,14,17H,13,15H2,1-2H3,(H,38,39)(H,42,43)/t17-/m0/s1. The van der Waals surface area contributed by atoms with E-state index in [1.54, 1.807) is 59.2 Å². The number of carbonyl (C=O) groups is 2. The van der Waals surface area contributed by atoms with Crippen LogP contribution in [0, 0.1) is 6.92 Å². The van der Waals surface area contributed by atoms with Crippen molar-refractivity contribution in [2.45, 2.75) is 32.9 Å². The highest BCUT2D eigenvalue weighted by Crippen LogP contribution is 2.34. The molecular formula is C33H24Cl2N2O6. The van der Waals surface area contributed by atoms with Gasteiger partial charge in [-0.3, -0.25) is 14.4 Å². The molecule has 0 spiro atoms. The Hall–Kier alpha value is -4.66. The van der Waals surface area contributed by atoms with E-state index in [9.17, 15) is 29.4 Å². The highest BCUT2D eigenvalue weighted by atomic mass is 35.5. The summed E-state index contributed by atoms with van der Waals surface area (Å²) in [6.45, 7) is 3.03. The van der Waals surface area contributed by atoms with Gasteiger partial charge in [0, 0.05) is 21.5 Å². The first-order valence-electron chi connectivity index (χ1n) is 13.4. The number of fused-ring (bicyclic) bond motifs is 4. The highest BCUT2D eigenvalue weighted by molar-refractivity contribution is 6.45. The third kappa shape index (κ3) is 4.54. The van der Waals surface area contributed by atoms with Gasteiger partial charge >= 0.3 is 11.9 Å². The molecule has 10 heteroatoms. The molecule has 0 unspecified atom stereocenters. The number of rotatable bonds is 6. The van der Waals surface area contributed by atoms with E-state index in [1.807, 2.05) is 13.0 Å². The van der Waals surface area contributed by atoms with Gasteiger partial charge in [0.15, 0.2) is 10.9 Å². The van der Waals surface area contributed by atoms with Crippen LogP contribution in [-0.4, -0.2) is 31.3 Å². The number of nitrogens with zero attached hydrogens (tertiary/aromatic N) is 2. The predicted octanol–water partition coefficient (Wildman–Crippen LogP) is 6.56. The molecule has 216 valence electrons. The van der Waals surface area contributed by atoms with Gasteiger partial charge in [-0.05, 0) is 79.4 Å². The molecule has 6 aromatic rings. The summed E-state index contributed by atoms with van der Waals surface area (Å²) in [4.78, 5) is 50.9. The van der Waals surface area contributed by atoms with Crippen LogP contribution in [0.25, 0.3) is 43.6 Å². The first-order valence-corrected chi connectivity index (χ1v) is 14.2. The number of carboxylic acids is 2. The van der Waals surface area contributed by atoms with Crippen LogP contribution < -0.4 is 10.9 Å². The number of hydrogen-bond acceptors (Lipinski definition) is 4. The Kier molecular flexibility index (Phi) is 6.99. The van der Waals surface area contributed by atoms with E-state index in [4.69, 9.17) is 23.2 Å². The van der Waals surface area contributed by atoms with Crippen LogP contribution in [0.2, 0.25) is 10.0 Å². The molecule has 8 nitrogen and oxygen atoms in total. The fraction of sp³-hybridized carbons (Fsp3) is 0.152. The molecule has 1 atom stereocenters. The summed E-state index contributed by atoms with van der Waals surface area (Å²) in [5.41, 5.74) is 3.57. The summed E-state index contributed by atoms with van der Waals surface area (Å²) in [5, 5.41) is 21.4. The first kappa shape index (κ1) is 28.5. The predicted molar refractivity (Wildman–Crippen MR) is 169 cm³/mol. The van der Waals surface area contributed by atoms with Crippen LogP contribution in [0.15, 0.2) is 76.3 Å². The van der Waals surface area contributed by atoms with Gasteiger partial charge in [-0.1, -0.05) is 47.5 Å². The van der Waals surface area contributed by atoms with Crippen LogP contribution in [0.5, 0.6) is 0 Å². The van der Waals surface area contributed by atoms with Crippen LogP contribution >= 0.6 is 23.2 Å². The zero-order chi connectivity index (χ0) is 30.7. The number of hydrogen-bond donors (Lipinski definition) is 2. The molecule has 2 aromatic heterocycles. The van der Waals surface area contributed by atoms with Crippen molar-refractivity contribution in [2.24, 2.45) is 0 Å². The molecule has 6 rings (SSSR count). The minimum atomic E-state index is -1.11. The molecular weight excluding hydrogens is 591 g/mol. The van der Waals surface area contributed by atoms with Gasteiger partial charge in [-0.2, -0.15) is 0 Å². The van der Waals surface area contributed by atoms with Crippen molar-refractivity contribution in [1.82, 2.24) is 9.13 Å². The lowest BCUT2D eigenvalue weighted by Gasteiger charge is -2.21. The monoisotopic (exact) mass is 614 g/mol. The van der Waals surface area contributed by atoms with E-state index in [-0.39, 0.29) is 38.4 Å². The zero-order valence-electron chi connectivity index (χ0n) is 23.0. The molecule has 0 radical (unpaired) electrons. The van der Waals surface area contributed by atoms with Gasteiger partial charge in [-0.25, -0.2) is 4.79 Å². The van der Waals surface area contributed by atoms with E-state index in [2.05, 4.69) is 0 Å². The Morgan fingerprint density at radius 1 is 0.814 bits per heavy atom. The van der Waals surface area contributed by atoms with Crippen molar-refractivity contribution in [3.05, 3.63) is 114 Å². The Morgan fingerprint density at radius 3 is 2.14 bits per heavy atom. The molecule has 0 fully saturated rings. The second kappa shape index (κ2) is 10.6. The summed E-state index contributed by atoms with van der Waals surface area (Å²) in [5.74, 6) is -2.15. The maximum atomic E-state index is 13.5. The Bertz CT molecular complexity index is 2300. The van der Waals surface area contributed by atoms with E-state index >= 15 is 0 Å². The average molecular weight is 615 g/mol. The SMILES string of the molecule is Cc1c(Cc2ccc3c(=O)c4ccc(Cl)c(Cl)c4n([C@@H](C)C(=O)O)c3c2)ccc2c(=O)c3ccccc3n(CC(=O)O)c12. The van der Waals surface area contributed by atoms with Crippen LogP contribution in [0.1, 0.15) is 29.7 Å². The first-order chi connectivity index (χ1) is 20.5. The van der Waals surface area contributed by atoms with Crippen molar-refractivity contribution < 1.29 is 19.8 Å². The smallest absolute Gasteiger partial charge is 0.326 e. The van der Waals surface area contributed by atoms with E-state index < -0.39 is 18.0 Å². The van der Waals surface area contributed by atoms with Gasteiger partial charge in [0.25, 0.3) is 0 Å². The summed E-state index contributed by atoms with van der Waals surface area (Å²) in [6.07, 6.45) is 0.364. The summed E-state index contributed by atoms with van der Waals surface area (Å²) in [7, 11) is 0. The number of aromatic nitrogens is 2. The van der Waals surface area contributed by atoms with Crippen molar-refractivity contribution in [2.75, 3.05) is 0 Å². The lowest BCUT2D eigenvalue weighted by Crippen LogP contribution is -2.21. The number of benzene rings is 4.